The summed E-state index contributed by atoms with van der Waals surface area (Å²) in [7, 11) is -4.16. The van der Waals surface area contributed by atoms with E-state index in [0.29, 0.717) is 34.4 Å². The Balaban J connectivity index is 1.72. The van der Waals surface area contributed by atoms with E-state index in [0.717, 1.165) is 30.0 Å². The van der Waals surface area contributed by atoms with Crippen molar-refractivity contribution in [3.63, 3.8) is 0 Å². The minimum absolute atomic E-state index is 0.00602. The Bertz CT molecular complexity index is 1500. The zero-order valence-corrected chi connectivity index (χ0v) is 26.7. The van der Waals surface area contributed by atoms with Gasteiger partial charge in [-0.2, -0.15) is 0 Å². The molecule has 230 valence electrons. The number of benzene rings is 3. The van der Waals surface area contributed by atoms with E-state index in [4.69, 9.17) is 27.9 Å². The number of ether oxygens (including phenoxy) is 1. The average molecular weight is 647 g/mol. The van der Waals surface area contributed by atoms with Crippen LogP contribution in [0.25, 0.3) is 0 Å². The Kier molecular flexibility index (Phi) is 11.3. The molecule has 4 rings (SSSR count). The first-order valence-electron chi connectivity index (χ1n) is 14.5. The minimum atomic E-state index is -4.16. The highest BCUT2D eigenvalue weighted by Crippen LogP contribution is 2.28. The van der Waals surface area contributed by atoms with E-state index in [1.54, 1.807) is 60.7 Å². The molecule has 3 aromatic carbocycles. The number of carbonyl (C=O) groups is 2. The van der Waals surface area contributed by atoms with Gasteiger partial charge in [-0.3, -0.25) is 13.9 Å². The van der Waals surface area contributed by atoms with Gasteiger partial charge < -0.3 is 15.0 Å². The first-order valence-corrected chi connectivity index (χ1v) is 16.7. The number of anilines is 1. The largest absolute Gasteiger partial charge is 0.494 e. The van der Waals surface area contributed by atoms with Gasteiger partial charge in [-0.15, -0.1) is 0 Å². The van der Waals surface area contributed by atoms with Crippen molar-refractivity contribution in [1.29, 1.82) is 0 Å². The number of nitrogens with zero attached hydrogens (tertiary/aromatic N) is 2. The average Bonchev–Trinajstić information content (AvgIpc) is 3.51. The lowest BCUT2D eigenvalue weighted by molar-refractivity contribution is -0.140. The fraction of sp³-hybridized carbons (Fsp3) is 0.375. The van der Waals surface area contributed by atoms with Crippen molar-refractivity contribution in [2.75, 3.05) is 17.5 Å². The van der Waals surface area contributed by atoms with Crippen LogP contribution in [-0.4, -0.2) is 50.4 Å². The summed E-state index contributed by atoms with van der Waals surface area (Å²) in [6, 6.07) is 18.6. The predicted molar refractivity (Wildman–Crippen MR) is 170 cm³/mol. The molecular formula is C32H37Cl2N3O5S. The molecule has 1 aliphatic carbocycles. The molecule has 0 spiro atoms. The van der Waals surface area contributed by atoms with E-state index >= 15 is 0 Å². The zero-order chi connectivity index (χ0) is 31.0. The van der Waals surface area contributed by atoms with E-state index in [1.165, 1.54) is 17.0 Å². The lowest BCUT2D eigenvalue weighted by Gasteiger charge is -2.34. The summed E-state index contributed by atoms with van der Waals surface area (Å²) in [6.07, 6.45) is 4.18. The van der Waals surface area contributed by atoms with Gasteiger partial charge in [0.2, 0.25) is 11.8 Å². The molecule has 1 atom stereocenters. The number of rotatable bonds is 13. The first-order chi connectivity index (χ1) is 20.6. The molecular weight excluding hydrogens is 609 g/mol. The van der Waals surface area contributed by atoms with Crippen LogP contribution < -0.4 is 14.4 Å². The second-order valence-corrected chi connectivity index (χ2v) is 13.1. The Hall–Kier alpha value is -3.27. The second kappa shape index (κ2) is 14.9. The maximum Gasteiger partial charge on any atom is 0.264 e. The van der Waals surface area contributed by atoms with Gasteiger partial charge in [0, 0.05) is 22.6 Å². The van der Waals surface area contributed by atoms with Gasteiger partial charge in [-0.25, -0.2) is 8.42 Å². The van der Waals surface area contributed by atoms with Gasteiger partial charge in [0.25, 0.3) is 10.0 Å². The molecule has 1 fully saturated rings. The van der Waals surface area contributed by atoms with Gasteiger partial charge in [0.05, 0.1) is 17.2 Å². The van der Waals surface area contributed by atoms with Crippen molar-refractivity contribution < 1.29 is 22.7 Å². The molecule has 1 N–H and O–H groups in total. The highest BCUT2D eigenvalue weighted by atomic mass is 35.5. The van der Waals surface area contributed by atoms with Crippen molar-refractivity contribution in [3.8, 4) is 5.75 Å². The standard InChI is InChI=1S/C32H37Cl2N3O5S/c1-3-30(32(39)35-25-10-8-9-11-25)36(21-23-14-15-24(33)20-29(23)34)31(38)22-37(26-16-18-27(19-17-26)42-4-2)43(40,41)28-12-6-5-7-13-28/h5-7,12-20,25,30H,3-4,8-11,21-22H2,1-2H3,(H,35,39)/t30-/m0/s1. The fourth-order valence-corrected chi connectivity index (χ4v) is 7.15. The van der Waals surface area contributed by atoms with E-state index in [9.17, 15) is 18.0 Å². The summed E-state index contributed by atoms with van der Waals surface area (Å²) >= 11 is 12.6. The monoisotopic (exact) mass is 645 g/mol. The number of carbonyl (C=O) groups excluding carboxylic acids is 2. The number of hydrogen-bond acceptors (Lipinski definition) is 5. The molecule has 8 nitrogen and oxygen atoms in total. The van der Waals surface area contributed by atoms with Crippen LogP contribution in [0.1, 0.15) is 51.5 Å². The van der Waals surface area contributed by atoms with Crippen LogP contribution in [0.5, 0.6) is 5.75 Å². The summed E-state index contributed by atoms with van der Waals surface area (Å²) in [5.41, 5.74) is 0.874. The molecule has 0 aliphatic heterocycles. The Morgan fingerprint density at radius 1 is 0.977 bits per heavy atom. The smallest absolute Gasteiger partial charge is 0.264 e. The summed E-state index contributed by atoms with van der Waals surface area (Å²) < 4.78 is 34.5. The Morgan fingerprint density at radius 2 is 1.65 bits per heavy atom. The van der Waals surface area contributed by atoms with Crippen LogP contribution in [0.3, 0.4) is 0 Å². The van der Waals surface area contributed by atoms with Crippen molar-refractivity contribution >= 4 is 50.7 Å². The normalized spacial score (nSPS) is 14.2. The molecule has 43 heavy (non-hydrogen) atoms. The molecule has 0 aromatic heterocycles. The summed E-state index contributed by atoms with van der Waals surface area (Å²) in [5, 5.41) is 3.88. The third-order valence-electron chi connectivity index (χ3n) is 7.49. The molecule has 1 saturated carbocycles. The maximum absolute atomic E-state index is 14.2. The molecule has 3 aromatic rings. The third kappa shape index (κ3) is 8.22. The number of hydrogen-bond donors (Lipinski definition) is 1. The molecule has 0 unspecified atom stereocenters. The third-order valence-corrected chi connectivity index (χ3v) is 9.86. The Labute approximate surface area is 264 Å². The molecule has 0 heterocycles. The molecule has 0 bridgehead atoms. The predicted octanol–water partition coefficient (Wildman–Crippen LogP) is 6.45. The van der Waals surface area contributed by atoms with Crippen LogP contribution >= 0.6 is 23.2 Å². The van der Waals surface area contributed by atoms with Gasteiger partial charge >= 0.3 is 0 Å². The van der Waals surface area contributed by atoms with Crippen molar-refractivity contribution in [2.24, 2.45) is 0 Å². The Morgan fingerprint density at radius 3 is 2.26 bits per heavy atom. The number of nitrogens with one attached hydrogen (secondary N) is 1. The van der Waals surface area contributed by atoms with Gasteiger partial charge in [-0.1, -0.05) is 67.2 Å². The van der Waals surface area contributed by atoms with Crippen molar-refractivity contribution in [2.45, 2.75) is 69.5 Å². The molecule has 2 amide bonds. The molecule has 0 saturated heterocycles. The first kappa shape index (κ1) is 32.6. The van der Waals surface area contributed by atoms with Gasteiger partial charge in [-0.05, 0) is 80.3 Å². The molecule has 11 heteroatoms. The highest BCUT2D eigenvalue weighted by Gasteiger charge is 2.34. The van der Waals surface area contributed by atoms with E-state index in [1.807, 2.05) is 13.8 Å². The van der Waals surface area contributed by atoms with Crippen LogP contribution in [-0.2, 0) is 26.2 Å². The quantitative estimate of drug-likeness (QED) is 0.230. The van der Waals surface area contributed by atoms with Crippen LogP contribution in [0.15, 0.2) is 77.7 Å². The zero-order valence-electron chi connectivity index (χ0n) is 24.3. The summed E-state index contributed by atoms with van der Waals surface area (Å²) in [5.74, 6) is -0.248. The van der Waals surface area contributed by atoms with Crippen LogP contribution in [0.2, 0.25) is 10.0 Å². The number of amides is 2. The van der Waals surface area contributed by atoms with Gasteiger partial charge in [0.1, 0.15) is 18.3 Å². The number of halogens is 2. The van der Waals surface area contributed by atoms with Crippen LogP contribution in [0, 0.1) is 0 Å². The maximum atomic E-state index is 14.2. The molecule has 0 radical (unpaired) electrons. The van der Waals surface area contributed by atoms with E-state index in [2.05, 4.69) is 5.32 Å². The summed E-state index contributed by atoms with van der Waals surface area (Å²) in [6.45, 7) is 3.59. The van der Waals surface area contributed by atoms with E-state index in [-0.39, 0.29) is 29.1 Å². The lowest BCUT2D eigenvalue weighted by atomic mass is 10.1. The van der Waals surface area contributed by atoms with Crippen molar-refractivity contribution in [3.05, 3.63) is 88.4 Å². The van der Waals surface area contributed by atoms with Crippen LogP contribution in [0.4, 0.5) is 5.69 Å². The fourth-order valence-electron chi connectivity index (χ4n) is 5.24. The number of sulfonamides is 1. The lowest BCUT2D eigenvalue weighted by Crippen LogP contribution is -2.53. The highest BCUT2D eigenvalue weighted by molar-refractivity contribution is 7.92. The van der Waals surface area contributed by atoms with Gasteiger partial charge in [0.15, 0.2) is 0 Å². The molecule has 1 aliphatic rings. The van der Waals surface area contributed by atoms with Crippen molar-refractivity contribution in [1.82, 2.24) is 10.2 Å². The summed E-state index contributed by atoms with van der Waals surface area (Å²) in [4.78, 5) is 29.3. The second-order valence-electron chi connectivity index (χ2n) is 10.4. The minimum Gasteiger partial charge on any atom is -0.494 e. The SMILES string of the molecule is CCOc1ccc(N(CC(=O)N(Cc2ccc(Cl)cc2Cl)[C@@H](CC)C(=O)NC2CCCC2)S(=O)(=O)c2ccccc2)cc1. The van der Waals surface area contributed by atoms with E-state index < -0.39 is 28.5 Å². The topological polar surface area (TPSA) is 96.0 Å².